The molecule has 2 unspecified atom stereocenters. The van der Waals surface area contributed by atoms with Crippen LogP contribution in [-0.4, -0.2) is 44.8 Å². The smallest absolute Gasteiger partial charge is 0.256 e. The number of carbonyl (C=O) groups is 2. The third-order valence-electron chi connectivity index (χ3n) is 6.52. The van der Waals surface area contributed by atoms with Crippen LogP contribution in [0, 0.1) is 11.6 Å². The molecule has 2 aromatic carbocycles. The SMILES string of the molecule is O=C(c1cc(F)ccc1F)N1CCC2(CC1)SC1CCC(c3ccccc3)N1C2=O. The van der Waals surface area contributed by atoms with Crippen LogP contribution in [0.1, 0.15) is 47.6 Å². The van der Waals surface area contributed by atoms with Gasteiger partial charge in [0.05, 0.1) is 17.0 Å². The molecule has 0 aromatic heterocycles. The van der Waals surface area contributed by atoms with E-state index in [0.29, 0.717) is 25.9 Å². The molecular formula is C23H22F2N2O2S. The van der Waals surface area contributed by atoms with Crippen LogP contribution in [0.25, 0.3) is 0 Å². The second-order valence-corrected chi connectivity index (χ2v) is 9.76. The Morgan fingerprint density at radius 3 is 2.50 bits per heavy atom. The van der Waals surface area contributed by atoms with Gasteiger partial charge in [0.25, 0.3) is 5.91 Å². The van der Waals surface area contributed by atoms with Crippen molar-refractivity contribution in [3.63, 3.8) is 0 Å². The van der Waals surface area contributed by atoms with E-state index in [1.807, 2.05) is 23.1 Å². The van der Waals surface area contributed by atoms with Crippen LogP contribution in [0.3, 0.4) is 0 Å². The normalized spacial score (nSPS) is 25.1. The summed E-state index contributed by atoms with van der Waals surface area (Å²) < 4.78 is 27.0. The number of hydrogen-bond acceptors (Lipinski definition) is 3. The van der Waals surface area contributed by atoms with Crippen molar-refractivity contribution in [2.24, 2.45) is 0 Å². The molecule has 0 saturated carbocycles. The summed E-state index contributed by atoms with van der Waals surface area (Å²) in [4.78, 5) is 29.8. The first-order chi connectivity index (χ1) is 14.5. The standard InChI is InChI=1S/C23H22F2N2O2S/c24-16-6-7-18(25)17(14-16)21(28)26-12-10-23(11-13-26)22(29)27-19(8-9-20(27)30-23)15-4-2-1-3-5-15/h1-7,14,19-20H,8-13H2. The number of rotatable bonds is 2. The highest BCUT2D eigenvalue weighted by molar-refractivity contribution is 8.02. The van der Waals surface area contributed by atoms with Gasteiger partial charge in [-0.05, 0) is 49.4 Å². The van der Waals surface area contributed by atoms with Crippen molar-refractivity contribution in [1.82, 2.24) is 9.80 Å². The van der Waals surface area contributed by atoms with E-state index in [1.165, 1.54) is 10.5 Å². The number of carbonyl (C=O) groups excluding carboxylic acids is 2. The van der Waals surface area contributed by atoms with Crippen LogP contribution in [0.4, 0.5) is 8.78 Å². The van der Waals surface area contributed by atoms with E-state index >= 15 is 0 Å². The highest BCUT2D eigenvalue weighted by Gasteiger charge is 2.57. The first kappa shape index (κ1) is 19.5. The summed E-state index contributed by atoms with van der Waals surface area (Å²) in [5.41, 5.74) is 0.918. The fraction of sp³-hybridized carbons (Fsp3) is 0.391. The second kappa shape index (κ2) is 7.38. The van der Waals surface area contributed by atoms with Gasteiger partial charge in [0.1, 0.15) is 16.4 Å². The molecule has 5 rings (SSSR count). The Balaban J connectivity index is 1.31. The lowest BCUT2D eigenvalue weighted by atomic mass is 9.92. The molecule has 7 heteroatoms. The molecule has 3 aliphatic rings. The first-order valence-corrected chi connectivity index (χ1v) is 11.2. The van der Waals surface area contributed by atoms with Gasteiger partial charge < -0.3 is 9.80 Å². The summed E-state index contributed by atoms with van der Waals surface area (Å²) in [6.45, 7) is 0.730. The van der Waals surface area contributed by atoms with Crippen LogP contribution in [0.15, 0.2) is 48.5 Å². The maximum absolute atomic E-state index is 14.0. The van der Waals surface area contributed by atoms with Gasteiger partial charge in [0, 0.05) is 13.1 Å². The zero-order valence-electron chi connectivity index (χ0n) is 16.4. The van der Waals surface area contributed by atoms with Crippen LogP contribution < -0.4 is 0 Å². The fourth-order valence-electron chi connectivity index (χ4n) is 4.95. The number of thioether (sulfide) groups is 1. The molecule has 0 N–H and O–H groups in total. The molecule has 0 aliphatic carbocycles. The predicted octanol–water partition coefficient (Wildman–Crippen LogP) is 4.38. The number of benzene rings is 2. The fourth-order valence-corrected chi connectivity index (χ4v) is 6.71. The highest BCUT2D eigenvalue weighted by Crippen LogP contribution is 2.55. The minimum atomic E-state index is -0.723. The molecule has 30 heavy (non-hydrogen) atoms. The molecule has 3 heterocycles. The van der Waals surface area contributed by atoms with Gasteiger partial charge in [-0.1, -0.05) is 30.3 Å². The minimum absolute atomic E-state index is 0.108. The maximum atomic E-state index is 14.0. The van der Waals surface area contributed by atoms with Crippen molar-refractivity contribution in [1.29, 1.82) is 0 Å². The van der Waals surface area contributed by atoms with E-state index < -0.39 is 22.3 Å². The Bertz CT molecular complexity index is 992. The van der Waals surface area contributed by atoms with Crippen LogP contribution in [0.5, 0.6) is 0 Å². The molecule has 2 atom stereocenters. The Morgan fingerprint density at radius 1 is 1.03 bits per heavy atom. The average molecular weight is 429 g/mol. The molecule has 3 aliphatic heterocycles. The van der Waals surface area contributed by atoms with E-state index in [9.17, 15) is 18.4 Å². The van der Waals surface area contributed by atoms with E-state index in [1.54, 1.807) is 11.8 Å². The van der Waals surface area contributed by atoms with Crippen molar-refractivity contribution in [2.75, 3.05) is 13.1 Å². The van der Waals surface area contributed by atoms with Crippen molar-refractivity contribution in [3.05, 3.63) is 71.3 Å². The van der Waals surface area contributed by atoms with Gasteiger partial charge in [0.2, 0.25) is 5.91 Å². The third kappa shape index (κ3) is 3.11. The van der Waals surface area contributed by atoms with Crippen LogP contribution >= 0.6 is 11.8 Å². The zero-order chi connectivity index (χ0) is 20.9. The summed E-state index contributed by atoms with van der Waals surface area (Å²) >= 11 is 1.73. The molecule has 0 bridgehead atoms. The molecule has 2 aromatic rings. The average Bonchev–Trinajstić information content (AvgIpc) is 3.29. The lowest BCUT2D eigenvalue weighted by Crippen LogP contribution is -2.50. The van der Waals surface area contributed by atoms with Crippen molar-refractivity contribution >= 4 is 23.6 Å². The van der Waals surface area contributed by atoms with E-state index in [-0.39, 0.29) is 22.9 Å². The number of nitrogens with zero attached hydrogens (tertiary/aromatic N) is 2. The lowest BCUT2D eigenvalue weighted by molar-refractivity contribution is -0.134. The largest absolute Gasteiger partial charge is 0.338 e. The molecule has 2 amide bonds. The van der Waals surface area contributed by atoms with Crippen molar-refractivity contribution in [2.45, 2.75) is 41.8 Å². The molecule has 4 nitrogen and oxygen atoms in total. The Morgan fingerprint density at radius 2 is 1.77 bits per heavy atom. The number of amides is 2. The molecule has 0 radical (unpaired) electrons. The third-order valence-corrected chi connectivity index (χ3v) is 8.29. The Kier molecular flexibility index (Phi) is 4.81. The number of likely N-dealkylation sites (tertiary alicyclic amines) is 1. The lowest BCUT2D eigenvalue weighted by Gasteiger charge is -2.38. The molecule has 1 spiro atoms. The summed E-state index contributed by atoms with van der Waals surface area (Å²) in [6, 6.07) is 13.2. The number of halogens is 2. The molecular weight excluding hydrogens is 406 g/mol. The number of piperidine rings is 1. The quantitative estimate of drug-likeness (QED) is 0.713. The zero-order valence-corrected chi connectivity index (χ0v) is 17.2. The van der Waals surface area contributed by atoms with Gasteiger partial charge in [-0.25, -0.2) is 8.78 Å². The monoisotopic (exact) mass is 428 g/mol. The predicted molar refractivity (Wildman–Crippen MR) is 111 cm³/mol. The number of hydrogen-bond donors (Lipinski definition) is 0. The van der Waals surface area contributed by atoms with E-state index in [2.05, 4.69) is 12.1 Å². The molecule has 156 valence electrons. The van der Waals surface area contributed by atoms with Crippen molar-refractivity contribution < 1.29 is 18.4 Å². The molecule has 3 saturated heterocycles. The Hall–Kier alpha value is -2.41. The maximum Gasteiger partial charge on any atom is 0.256 e. The van der Waals surface area contributed by atoms with Crippen molar-refractivity contribution in [3.8, 4) is 0 Å². The van der Waals surface area contributed by atoms with Gasteiger partial charge in [-0.15, -0.1) is 11.8 Å². The topological polar surface area (TPSA) is 40.6 Å². The second-order valence-electron chi connectivity index (χ2n) is 8.20. The van der Waals surface area contributed by atoms with Gasteiger partial charge in [-0.3, -0.25) is 9.59 Å². The first-order valence-electron chi connectivity index (χ1n) is 10.3. The Labute approximate surface area is 178 Å². The molecule has 3 fully saturated rings. The van der Waals surface area contributed by atoms with Gasteiger partial charge >= 0.3 is 0 Å². The summed E-state index contributed by atoms with van der Waals surface area (Å²) in [5, 5.41) is 0.172. The highest BCUT2D eigenvalue weighted by atomic mass is 32.2. The summed E-state index contributed by atoms with van der Waals surface area (Å²) in [5.74, 6) is -1.71. The number of fused-ring (bicyclic) bond motifs is 1. The van der Waals surface area contributed by atoms with E-state index in [4.69, 9.17) is 0 Å². The van der Waals surface area contributed by atoms with Gasteiger partial charge in [0.15, 0.2) is 0 Å². The van der Waals surface area contributed by atoms with E-state index in [0.717, 1.165) is 31.0 Å². The summed E-state index contributed by atoms with van der Waals surface area (Å²) in [6.07, 6.45) is 3.00. The van der Waals surface area contributed by atoms with Crippen LogP contribution in [-0.2, 0) is 4.79 Å². The van der Waals surface area contributed by atoms with Crippen LogP contribution in [0.2, 0.25) is 0 Å². The summed E-state index contributed by atoms with van der Waals surface area (Å²) in [7, 11) is 0. The van der Waals surface area contributed by atoms with Gasteiger partial charge in [-0.2, -0.15) is 0 Å². The minimum Gasteiger partial charge on any atom is -0.338 e.